The van der Waals surface area contributed by atoms with Crippen molar-refractivity contribution >= 4 is 54.8 Å². The Bertz CT molecular complexity index is 2400. The average Bonchev–Trinajstić information content (AvgIpc) is 3.55. The second-order valence-corrected chi connectivity index (χ2v) is 21.2. The van der Waals surface area contributed by atoms with Crippen LogP contribution in [-0.2, 0) is 0 Å². The molecule has 208 valence electrons. The normalized spacial score (nSPS) is 13.4. The van der Waals surface area contributed by atoms with E-state index in [2.05, 4.69) is 150 Å². The molecule has 0 atom stereocenters. The van der Waals surface area contributed by atoms with Gasteiger partial charge in [-0.15, -0.1) is 0 Å². The van der Waals surface area contributed by atoms with Crippen molar-refractivity contribution in [2.45, 2.75) is 11.5 Å². The summed E-state index contributed by atoms with van der Waals surface area (Å²) in [6.07, 6.45) is 0. The third-order valence-electron chi connectivity index (χ3n) is 9.36. The van der Waals surface area contributed by atoms with Gasteiger partial charge >= 0.3 is 248 Å². The molecule has 0 spiro atoms. The van der Waals surface area contributed by atoms with Gasteiger partial charge in [0.1, 0.15) is 0 Å². The average molecular weight is 624 g/mol. The maximum absolute atomic E-state index is 5.20. The zero-order chi connectivity index (χ0) is 29.4. The van der Waals surface area contributed by atoms with Crippen LogP contribution in [0, 0.1) is 0 Å². The van der Waals surface area contributed by atoms with E-state index < -0.39 is 13.3 Å². The van der Waals surface area contributed by atoms with E-state index >= 15 is 0 Å². The molecule has 8 aromatic rings. The van der Waals surface area contributed by atoms with Gasteiger partial charge in [-0.1, -0.05) is 12.1 Å². The van der Waals surface area contributed by atoms with E-state index in [0.717, 1.165) is 38.9 Å². The van der Waals surface area contributed by atoms with Crippen LogP contribution in [0.2, 0.25) is 11.5 Å². The van der Waals surface area contributed by atoms with Crippen molar-refractivity contribution in [3.05, 3.63) is 140 Å². The topological polar surface area (TPSA) is 30.7 Å². The Morgan fingerprint density at radius 1 is 0.545 bits per heavy atom. The first-order chi connectivity index (χ1) is 21.6. The molecule has 0 amide bonds. The molecule has 0 saturated heterocycles. The monoisotopic (exact) mass is 625 g/mol. The molecule has 0 aliphatic carbocycles. The first kappa shape index (κ1) is 25.5. The van der Waals surface area contributed by atoms with Gasteiger partial charge in [-0.25, -0.2) is 0 Å². The van der Waals surface area contributed by atoms with Crippen molar-refractivity contribution in [3.8, 4) is 39.5 Å². The van der Waals surface area contributed by atoms with Crippen LogP contribution in [0.4, 0.5) is 0 Å². The molecule has 3 heterocycles. The fraction of sp³-hybridized carbons (Fsp3) is 0.0500. The molecule has 0 radical (unpaired) electrons. The summed E-state index contributed by atoms with van der Waals surface area (Å²) in [6, 6.07) is 50.1. The van der Waals surface area contributed by atoms with Crippen LogP contribution in [0.5, 0.6) is 0 Å². The van der Waals surface area contributed by atoms with Crippen molar-refractivity contribution in [2.24, 2.45) is 0 Å². The van der Waals surface area contributed by atoms with Gasteiger partial charge in [-0.05, 0) is 0 Å². The molecule has 1 aliphatic rings. The third kappa shape index (κ3) is 3.63. The van der Waals surface area contributed by atoms with Gasteiger partial charge in [0, 0.05) is 0 Å². The van der Waals surface area contributed by atoms with E-state index in [4.69, 9.17) is 9.97 Å². The zero-order valence-electron chi connectivity index (χ0n) is 24.6. The molecule has 0 saturated carbocycles. The van der Waals surface area contributed by atoms with Gasteiger partial charge in [-0.2, -0.15) is 0 Å². The van der Waals surface area contributed by atoms with E-state index in [1.807, 2.05) is 6.07 Å². The molecule has 0 N–H and O–H groups in total. The summed E-state index contributed by atoms with van der Waals surface area (Å²) < 4.78 is 5.64. The summed E-state index contributed by atoms with van der Waals surface area (Å²) in [5.41, 5.74) is 9.37. The first-order valence-corrected chi connectivity index (χ1v) is 21.5. The summed E-state index contributed by atoms with van der Waals surface area (Å²) in [7, 11) is 0. The summed E-state index contributed by atoms with van der Waals surface area (Å²) >= 11 is -2.56. The van der Waals surface area contributed by atoms with Crippen molar-refractivity contribution in [1.82, 2.24) is 14.5 Å². The second-order valence-electron chi connectivity index (χ2n) is 12.2. The Morgan fingerprint density at radius 3 is 2.09 bits per heavy atom. The zero-order valence-corrected chi connectivity index (χ0v) is 26.7. The van der Waals surface area contributed by atoms with Crippen LogP contribution in [0.3, 0.4) is 0 Å². The Morgan fingerprint density at radius 2 is 1.25 bits per heavy atom. The molecule has 6 aromatic carbocycles. The van der Waals surface area contributed by atoms with Gasteiger partial charge in [0.05, 0.1) is 0 Å². The van der Waals surface area contributed by atoms with Crippen LogP contribution in [-0.4, -0.2) is 27.8 Å². The molecule has 0 fully saturated rings. The molecule has 3 nitrogen and oxygen atoms in total. The predicted octanol–water partition coefficient (Wildman–Crippen LogP) is 8.86. The molecule has 0 unspecified atom stereocenters. The number of aromatic nitrogens is 3. The van der Waals surface area contributed by atoms with Crippen molar-refractivity contribution < 1.29 is 0 Å². The van der Waals surface area contributed by atoms with Gasteiger partial charge in [-0.3, -0.25) is 0 Å². The molecule has 44 heavy (non-hydrogen) atoms. The van der Waals surface area contributed by atoms with Crippen molar-refractivity contribution in [3.63, 3.8) is 0 Å². The molecular formula is C40H29GeN3. The fourth-order valence-corrected chi connectivity index (χ4v) is 14.3. The standard InChI is InChI=1S/C40H29GeN3/c1-41(2)34-18-10-8-16-31(34)36-32-17-9-11-19-35(32)44(39(36)41)29-23-20-28(21-24-29)40-42-37(27-13-4-3-5-14-27)33-25-22-26-12-6-7-15-30(26)38(33)43-40/h3-25H,1-2H3. The minimum absolute atomic E-state index is 0.743. The quantitative estimate of drug-likeness (QED) is 0.145. The van der Waals surface area contributed by atoms with Gasteiger partial charge in [0.25, 0.3) is 0 Å². The van der Waals surface area contributed by atoms with Gasteiger partial charge < -0.3 is 0 Å². The first-order valence-electron chi connectivity index (χ1n) is 15.2. The van der Waals surface area contributed by atoms with E-state index in [0.29, 0.717) is 0 Å². The van der Waals surface area contributed by atoms with Crippen molar-refractivity contribution in [1.29, 1.82) is 0 Å². The number of hydrogen-bond donors (Lipinski definition) is 0. The maximum atomic E-state index is 5.20. The van der Waals surface area contributed by atoms with Crippen LogP contribution >= 0.6 is 0 Å². The summed E-state index contributed by atoms with van der Waals surface area (Å²) in [4.78, 5) is 10.4. The fourth-order valence-electron chi connectivity index (χ4n) is 7.31. The number of fused-ring (bicyclic) bond motifs is 8. The SMILES string of the molecule is [CH3][Ge]1([CH3])[c]2ccccc2-c2[c]1n(-c1ccc(-c3nc(-c4ccccc4)c4ccc5ccccc5c4n3)cc1)c1ccccc21. The number of benzene rings is 6. The van der Waals surface area contributed by atoms with E-state index in [9.17, 15) is 0 Å². The van der Waals surface area contributed by atoms with Gasteiger partial charge in [0.15, 0.2) is 0 Å². The summed E-state index contributed by atoms with van der Waals surface area (Å²) in [6.45, 7) is 0. The van der Waals surface area contributed by atoms with Crippen LogP contribution in [0.15, 0.2) is 140 Å². The Labute approximate surface area is 258 Å². The van der Waals surface area contributed by atoms with Crippen LogP contribution in [0.25, 0.3) is 72.0 Å². The van der Waals surface area contributed by atoms with Crippen molar-refractivity contribution in [2.75, 3.05) is 0 Å². The molecular weight excluding hydrogens is 595 g/mol. The Hall–Kier alpha value is -5.00. The Balaban J connectivity index is 1.24. The molecule has 2 aromatic heterocycles. The van der Waals surface area contributed by atoms with E-state index in [1.54, 1.807) is 4.40 Å². The molecule has 4 heteroatoms. The minimum atomic E-state index is -2.56. The number of para-hydroxylation sites is 1. The molecule has 9 rings (SSSR count). The van der Waals surface area contributed by atoms with Crippen LogP contribution in [0.1, 0.15) is 0 Å². The molecule has 0 bridgehead atoms. The second kappa shape index (κ2) is 9.50. The van der Waals surface area contributed by atoms with Gasteiger partial charge in [0.2, 0.25) is 0 Å². The predicted molar refractivity (Wildman–Crippen MR) is 187 cm³/mol. The number of nitrogens with zero attached hydrogens (tertiary/aromatic N) is 3. The number of rotatable bonds is 3. The summed E-state index contributed by atoms with van der Waals surface area (Å²) in [5.74, 6) is 5.81. The third-order valence-corrected chi connectivity index (χ3v) is 16.6. The van der Waals surface area contributed by atoms with E-state index in [1.165, 1.54) is 37.6 Å². The van der Waals surface area contributed by atoms with E-state index in [-0.39, 0.29) is 0 Å². The van der Waals surface area contributed by atoms with Crippen LogP contribution < -0.4 is 8.92 Å². The Kier molecular flexibility index (Phi) is 5.51. The summed E-state index contributed by atoms with van der Waals surface area (Å²) in [5, 5.41) is 4.73. The molecule has 1 aliphatic heterocycles. The number of hydrogen-bond acceptors (Lipinski definition) is 2.